The van der Waals surface area contributed by atoms with Crippen LogP contribution >= 0.6 is 0 Å². The van der Waals surface area contributed by atoms with Crippen molar-refractivity contribution in [3.63, 3.8) is 0 Å². The number of carbonyl (C=O) groups is 2. The van der Waals surface area contributed by atoms with Crippen LogP contribution in [0.1, 0.15) is 116 Å². The first kappa shape index (κ1) is 25.5. The molecule has 0 aliphatic heterocycles. The Morgan fingerprint density at radius 1 is 0.519 bits per heavy atom. The Bertz CT molecular complexity index is 428. The summed E-state index contributed by atoms with van der Waals surface area (Å²) in [5.41, 5.74) is -0.395. The van der Waals surface area contributed by atoms with E-state index in [4.69, 9.17) is 10.2 Å². The fourth-order valence-electron chi connectivity index (χ4n) is 3.31. The molecule has 0 aromatic heterocycles. The van der Waals surface area contributed by atoms with Gasteiger partial charge in [0.05, 0.1) is 5.57 Å². The maximum absolute atomic E-state index is 11.0. The van der Waals surface area contributed by atoms with Gasteiger partial charge < -0.3 is 15.3 Å². The number of unbranched alkanes of at least 4 members (excludes halogenated alkanes) is 15. The molecule has 5 heteroatoms. The lowest BCUT2D eigenvalue weighted by Gasteiger charge is -2.05. The number of aliphatic carboxylic acids is 2. The molecular formula is C22H40O5. The van der Waals surface area contributed by atoms with Gasteiger partial charge in [-0.2, -0.15) is 0 Å². The van der Waals surface area contributed by atoms with Crippen LogP contribution in [0.3, 0.4) is 0 Å². The summed E-state index contributed by atoms with van der Waals surface area (Å²) in [4.78, 5) is 21.6. The number of aliphatic hydroxyl groups is 1. The van der Waals surface area contributed by atoms with Gasteiger partial charge in [-0.05, 0) is 12.8 Å². The van der Waals surface area contributed by atoms with Crippen molar-refractivity contribution in [3.05, 3.63) is 11.3 Å². The Hall–Kier alpha value is -1.52. The quantitative estimate of drug-likeness (QED) is 0.132. The van der Waals surface area contributed by atoms with Gasteiger partial charge in [0.25, 0.3) is 0 Å². The molecule has 3 N–H and O–H groups in total. The topological polar surface area (TPSA) is 94.8 Å². The lowest BCUT2D eigenvalue weighted by atomic mass is 10.0. The number of carboxylic acids is 2. The van der Waals surface area contributed by atoms with E-state index in [9.17, 15) is 14.7 Å². The fraction of sp³-hybridized carbons (Fsp3) is 0.818. The zero-order chi connectivity index (χ0) is 20.3. The average molecular weight is 385 g/mol. The molecule has 0 spiro atoms. The highest BCUT2D eigenvalue weighted by molar-refractivity contribution is 5.96. The minimum atomic E-state index is -1.58. The Morgan fingerprint density at radius 2 is 0.852 bits per heavy atom. The second kappa shape index (κ2) is 17.9. The molecule has 0 rings (SSSR count). The number of aliphatic hydroxyl groups excluding tert-OH is 1. The molecule has 0 aliphatic carbocycles. The Kier molecular flexibility index (Phi) is 16.9. The van der Waals surface area contributed by atoms with Crippen LogP contribution in [0.2, 0.25) is 0 Å². The van der Waals surface area contributed by atoms with E-state index in [0.717, 1.165) is 19.3 Å². The Morgan fingerprint density at radius 3 is 1.15 bits per heavy atom. The van der Waals surface area contributed by atoms with Crippen molar-refractivity contribution in [2.24, 2.45) is 0 Å². The molecule has 0 radical (unpaired) electrons. The highest BCUT2D eigenvalue weighted by Gasteiger charge is 2.18. The van der Waals surface area contributed by atoms with Crippen molar-refractivity contribution in [1.82, 2.24) is 0 Å². The number of hydrogen-bond acceptors (Lipinski definition) is 3. The smallest absolute Gasteiger partial charge is 0.371 e. The van der Waals surface area contributed by atoms with Gasteiger partial charge in [0, 0.05) is 0 Å². The van der Waals surface area contributed by atoms with Crippen LogP contribution in [0.5, 0.6) is 0 Å². The number of rotatable bonds is 19. The normalized spacial score (nSPS) is 12.0. The van der Waals surface area contributed by atoms with Gasteiger partial charge in [-0.1, -0.05) is 103 Å². The van der Waals surface area contributed by atoms with Crippen LogP contribution in [0.25, 0.3) is 0 Å². The van der Waals surface area contributed by atoms with Gasteiger partial charge in [-0.25, -0.2) is 9.59 Å². The lowest BCUT2D eigenvalue weighted by Crippen LogP contribution is -2.11. The Labute approximate surface area is 164 Å². The van der Waals surface area contributed by atoms with Crippen LogP contribution in [0.4, 0.5) is 0 Å². The molecule has 0 heterocycles. The molecule has 0 saturated carbocycles. The molecule has 0 aromatic carbocycles. The average Bonchev–Trinajstić information content (AvgIpc) is 2.63. The standard InChI is InChI=1S/C22H40O5/c1-2-3-4-5-6-7-8-9-10-11-12-13-14-15-16-17-18-19(21(24)25)20(23)22(26)27/h23H,2-18H2,1H3,(H,24,25)(H,26,27)/b20-19-. The molecule has 0 saturated heterocycles. The van der Waals surface area contributed by atoms with Gasteiger partial charge >= 0.3 is 11.9 Å². The van der Waals surface area contributed by atoms with Crippen LogP contribution in [0, 0.1) is 0 Å². The monoisotopic (exact) mass is 384 g/mol. The third-order valence-corrected chi connectivity index (χ3v) is 5.03. The summed E-state index contributed by atoms with van der Waals surface area (Å²) in [7, 11) is 0. The summed E-state index contributed by atoms with van der Waals surface area (Å²) in [6.07, 6.45) is 19.8. The molecular weight excluding hydrogens is 344 g/mol. The maximum Gasteiger partial charge on any atom is 0.371 e. The first-order chi connectivity index (χ1) is 13.0. The third kappa shape index (κ3) is 15.3. The molecule has 0 fully saturated rings. The summed E-state index contributed by atoms with van der Waals surface area (Å²) in [5, 5.41) is 26.9. The van der Waals surface area contributed by atoms with Crippen LogP contribution in [0.15, 0.2) is 11.3 Å². The first-order valence-electron chi connectivity index (χ1n) is 10.9. The van der Waals surface area contributed by atoms with Gasteiger partial charge in [0.15, 0.2) is 0 Å². The second-order valence-electron chi connectivity index (χ2n) is 7.49. The minimum Gasteiger partial charge on any atom is -0.501 e. The highest BCUT2D eigenvalue weighted by atomic mass is 16.4. The molecule has 27 heavy (non-hydrogen) atoms. The molecule has 0 bridgehead atoms. The van der Waals surface area contributed by atoms with E-state index in [1.54, 1.807) is 0 Å². The van der Waals surface area contributed by atoms with E-state index in [1.807, 2.05) is 0 Å². The van der Waals surface area contributed by atoms with Gasteiger partial charge in [-0.3, -0.25) is 0 Å². The molecule has 0 unspecified atom stereocenters. The van der Waals surface area contributed by atoms with E-state index in [-0.39, 0.29) is 6.42 Å². The lowest BCUT2D eigenvalue weighted by molar-refractivity contribution is -0.138. The van der Waals surface area contributed by atoms with E-state index in [1.165, 1.54) is 77.0 Å². The van der Waals surface area contributed by atoms with Crippen molar-refractivity contribution < 1.29 is 24.9 Å². The molecule has 0 amide bonds. The predicted molar refractivity (Wildman–Crippen MR) is 109 cm³/mol. The van der Waals surface area contributed by atoms with Crippen LogP contribution in [-0.2, 0) is 9.59 Å². The summed E-state index contributed by atoms with van der Waals surface area (Å²) in [6.45, 7) is 2.25. The van der Waals surface area contributed by atoms with Gasteiger partial charge in [-0.15, -0.1) is 0 Å². The summed E-state index contributed by atoms with van der Waals surface area (Å²) in [5.74, 6) is -3.97. The molecule has 0 atom stereocenters. The van der Waals surface area contributed by atoms with Gasteiger partial charge in [0.2, 0.25) is 5.76 Å². The van der Waals surface area contributed by atoms with E-state index in [2.05, 4.69) is 6.92 Å². The Balaban J connectivity index is 3.44. The van der Waals surface area contributed by atoms with Crippen LogP contribution in [-0.4, -0.2) is 27.3 Å². The largest absolute Gasteiger partial charge is 0.501 e. The van der Waals surface area contributed by atoms with Crippen LogP contribution < -0.4 is 0 Å². The van der Waals surface area contributed by atoms with E-state index in [0.29, 0.717) is 6.42 Å². The van der Waals surface area contributed by atoms with E-state index >= 15 is 0 Å². The highest BCUT2D eigenvalue weighted by Crippen LogP contribution is 2.16. The first-order valence-corrected chi connectivity index (χ1v) is 10.9. The number of carboxylic acid groups (broad SMARTS) is 2. The van der Waals surface area contributed by atoms with Crippen molar-refractivity contribution in [1.29, 1.82) is 0 Å². The van der Waals surface area contributed by atoms with Crippen molar-refractivity contribution in [2.75, 3.05) is 0 Å². The minimum absolute atomic E-state index is 0.103. The third-order valence-electron chi connectivity index (χ3n) is 5.03. The molecule has 158 valence electrons. The fourth-order valence-corrected chi connectivity index (χ4v) is 3.31. The zero-order valence-corrected chi connectivity index (χ0v) is 17.2. The van der Waals surface area contributed by atoms with Crippen molar-refractivity contribution in [3.8, 4) is 0 Å². The molecule has 0 aromatic rings. The van der Waals surface area contributed by atoms with Crippen molar-refractivity contribution >= 4 is 11.9 Å². The molecule has 5 nitrogen and oxygen atoms in total. The predicted octanol–water partition coefficient (Wildman–Crippen LogP) is 6.62. The maximum atomic E-state index is 11.0. The van der Waals surface area contributed by atoms with Crippen molar-refractivity contribution in [2.45, 2.75) is 116 Å². The second-order valence-corrected chi connectivity index (χ2v) is 7.49. The SMILES string of the molecule is CCCCCCCCCCCCCCCCCC/C(C(=O)O)=C(/O)C(=O)O. The zero-order valence-electron chi connectivity index (χ0n) is 17.2. The van der Waals surface area contributed by atoms with Gasteiger partial charge in [0.1, 0.15) is 0 Å². The molecule has 0 aliphatic rings. The summed E-state index contributed by atoms with van der Waals surface area (Å²) in [6, 6.07) is 0. The summed E-state index contributed by atoms with van der Waals surface area (Å²) >= 11 is 0. The van der Waals surface area contributed by atoms with E-state index < -0.39 is 23.3 Å². The summed E-state index contributed by atoms with van der Waals surface area (Å²) < 4.78 is 0. The number of hydrogen-bond donors (Lipinski definition) is 3.